The molecule has 0 unspecified atom stereocenters. The van der Waals surface area contributed by atoms with Crippen LogP contribution in [0.1, 0.15) is 25.7 Å². The average Bonchev–Trinajstić information content (AvgIpc) is 2.49. The SMILES string of the molecule is C[S+](C)CCCC(=O)ON1C(=O)CCC1=O.[I-]. The van der Waals surface area contributed by atoms with Crippen LogP contribution in [-0.4, -0.2) is 41.1 Å². The third-order valence-electron chi connectivity index (χ3n) is 2.13. The van der Waals surface area contributed by atoms with Gasteiger partial charge in [-0.3, -0.25) is 9.59 Å². The molecule has 0 spiro atoms. The van der Waals surface area contributed by atoms with E-state index >= 15 is 0 Å². The van der Waals surface area contributed by atoms with Gasteiger partial charge in [-0.05, 0) is 10.9 Å². The summed E-state index contributed by atoms with van der Waals surface area (Å²) >= 11 is 0. The van der Waals surface area contributed by atoms with Gasteiger partial charge >= 0.3 is 5.97 Å². The van der Waals surface area contributed by atoms with Crippen molar-refractivity contribution in [2.45, 2.75) is 25.7 Å². The van der Waals surface area contributed by atoms with Crippen molar-refractivity contribution in [1.82, 2.24) is 5.06 Å². The van der Waals surface area contributed by atoms with Gasteiger partial charge in [-0.2, -0.15) is 0 Å². The molecule has 0 radical (unpaired) electrons. The van der Waals surface area contributed by atoms with Crippen LogP contribution in [0.15, 0.2) is 0 Å². The Hall–Kier alpha value is -0.310. The molecule has 1 aliphatic heterocycles. The summed E-state index contributed by atoms with van der Waals surface area (Å²) in [6, 6.07) is 0. The predicted molar refractivity (Wildman–Crippen MR) is 60.5 cm³/mol. The highest BCUT2D eigenvalue weighted by Crippen LogP contribution is 2.12. The van der Waals surface area contributed by atoms with E-state index in [9.17, 15) is 14.4 Å². The molecule has 0 atom stereocenters. The molecule has 98 valence electrons. The normalized spacial score (nSPS) is 15.1. The number of imide groups is 1. The Labute approximate surface area is 121 Å². The van der Waals surface area contributed by atoms with Crippen molar-refractivity contribution >= 4 is 28.7 Å². The standard InChI is InChI=1S/C10H16NO4S.HI/c1-16(2)7-3-4-10(14)15-11-8(12)5-6-9(11)13;/h3-7H2,1-2H3;1H/q+1;/p-1. The first-order valence-corrected chi connectivity index (χ1v) is 7.32. The van der Waals surface area contributed by atoms with Crippen LogP contribution in [0.25, 0.3) is 0 Å². The number of hydrogen-bond donors (Lipinski definition) is 0. The van der Waals surface area contributed by atoms with Gasteiger partial charge in [-0.25, -0.2) is 4.79 Å². The second-order valence-electron chi connectivity index (χ2n) is 3.84. The second-order valence-corrected chi connectivity index (χ2v) is 6.22. The molecule has 0 aliphatic carbocycles. The molecule has 1 rings (SSSR count). The molecule has 0 N–H and O–H groups in total. The number of carbonyl (C=O) groups excluding carboxylic acids is 3. The molecule has 0 aromatic rings. The smallest absolute Gasteiger partial charge is 0.333 e. The number of amides is 2. The van der Waals surface area contributed by atoms with Crippen LogP contribution >= 0.6 is 0 Å². The Morgan fingerprint density at radius 3 is 2.29 bits per heavy atom. The Kier molecular flexibility index (Phi) is 7.77. The fraction of sp³-hybridized carbons (Fsp3) is 0.700. The molecule has 1 aliphatic rings. The van der Waals surface area contributed by atoms with Crippen molar-refractivity contribution in [3.05, 3.63) is 0 Å². The van der Waals surface area contributed by atoms with Crippen LogP contribution in [0.5, 0.6) is 0 Å². The average molecular weight is 373 g/mol. The summed E-state index contributed by atoms with van der Waals surface area (Å²) in [6.07, 6.45) is 5.45. The lowest BCUT2D eigenvalue weighted by Crippen LogP contribution is -3.00. The van der Waals surface area contributed by atoms with Crippen molar-refractivity contribution in [2.24, 2.45) is 0 Å². The first-order valence-electron chi connectivity index (χ1n) is 5.11. The van der Waals surface area contributed by atoms with Gasteiger partial charge in [-0.15, -0.1) is 5.06 Å². The lowest BCUT2D eigenvalue weighted by molar-refractivity contribution is -0.197. The molecule has 17 heavy (non-hydrogen) atoms. The van der Waals surface area contributed by atoms with Crippen LogP contribution in [-0.2, 0) is 30.1 Å². The molecule has 0 bridgehead atoms. The van der Waals surface area contributed by atoms with Crippen molar-refractivity contribution in [3.8, 4) is 0 Å². The summed E-state index contributed by atoms with van der Waals surface area (Å²) in [5.74, 6) is -0.404. The number of hydrogen-bond acceptors (Lipinski definition) is 4. The molecule has 5 nitrogen and oxygen atoms in total. The van der Waals surface area contributed by atoms with Gasteiger partial charge < -0.3 is 28.8 Å². The molecular formula is C10H16INO4S. The zero-order valence-corrected chi connectivity index (χ0v) is 12.9. The minimum atomic E-state index is -0.506. The number of halogens is 1. The largest absolute Gasteiger partial charge is 1.00 e. The number of hydroxylamine groups is 2. The van der Waals surface area contributed by atoms with E-state index in [1.54, 1.807) is 0 Å². The summed E-state index contributed by atoms with van der Waals surface area (Å²) < 4.78 is 0. The maximum atomic E-state index is 11.3. The fourth-order valence-electron chi connectivity index (χ4n) is 1.31. The quantitative estimate of drug-likeness (QED) is 0.298. The van der Waals surface area contributed by atoms with E-state index in [1.807, 2.05) is 0 Å². The summed E-state index contributed by atoms with van der Waals surface area (Å²) in [4.78, 5) is 38.3. The lowest BCUT2D eigenvalue weighted by atomic mass is 10.3. The molecule has 0 aromatic heterocycles. The Morgan fingerprint density at radius 2 is 1.82 bits per heavy atom. The molecule has 2 amide bonds. The van der Waals surface area contributed by atoms with Crippen LogP contribution < -0.4 is 24.0 Å². The van der Waals surface area contributed by atoms with Gasteiger partial charge in [0, 0.05) is 19.3 Å². The molecule has 0 aromatic carbocycles. The lowest BCUT2D eigenvalue weighted by Gasteiger charge is -2.11. The van der Waals surface area contributed by atoms with Crippen LogP contribution in [0, 0.1) is 0 Å². The van der Waals surface area contributed by atoms with Crippen LogP contribution in [0.3, 0.4) is 0 Å². The zero-order chi connectivity index (χ0) is 12.1. The first kappa shape index (κ1) is 16.7. The zero-order valence-electron chi connectivity index (χ0n) is 9.90. The van der Waals surface area contributed by atoms with Crippen molar-refractivity contribution < 1.29 is 43.2 Å². The molecule has 7 heteroatoms. The minimum Gasteiger partial charge on any atom is -1.00 e. The summed E-state index contributed by atoms with van der Waals surface area (Å²) in [5, 5.41) is 0.597. The molecular weight excluding hydrogens is 357 g/mol. The third kappa shape index (κ3) is 5.71. The Morgan fingerprint density at radius 1 is 1.29 bits per heavy atom. The molecule has 1 heterocycles. The predicted octanol–water partition coefficient (Wildman–Crippen LogP) is -2.74. The minimum absolute atomic E-state index is 0. The maximum absolute atomic E-state index is 11.3. The van der Waals surface area contributed by atoms with E-state index in [0.717, 1.165) is 12.2 Å². The second kappa shape index (κ2) is 7.91. The van der Waals surface area contributed by atoms with Gasteiger partial charge in [0.05, 0.1) is 18.9 Å². The van der Waals surface area contributed by atoms with Crippen molar-refractivity contribution in [2.75, 3.05) is 18.3 Å². The van der Waals surface area contributed by atoms with Gasteiger partial charge in [0.15, 0.2) is 0 Å². The highest BCUT2D eigenvalue weighted by molar-refractivity contribution is 7.95. The highest BCUT2D eigenvalue weighted by atomic mass is 127. The third-order valence-corrected chi connectivity index (χ3v) is 3.24. The fourth-order valence-corrected chi connectivity index (χ4v) is 2.03. The number of nitrogens with zero attached hydrogens (tertiary/aromatic N) is 1. The van der Waals surface area contributed by atoms with Crippen molar-refractivity contribution in [1.29, 1.82) is 0 Å². The summed E-state index contributed by atoms with van der Waals surface area (Å²) in [7, 11) is 0.295. The van der Waals surface area contributed by atoms with Crippen LogP contribution in [0.4, 0.5) is 0 Å². The molecule has 1 saturated heterocycles. The summed E-state index contributed by atoms with van der Waals surface area (Å²) in [6.45, 7) is 0. The molecule has 0 saturated carbocycles. The van der Waals surface area contributed by atoms with Crippen LogP contribution in [0.2, 0.25) is 0 Å². The number of rotatable bonds is 5. The van der Waals surface area contributed by atoms with E-state index in [4.69, 9.17) is 4.84 Å². The van der Waals surface area contributed by atoms with Gasteiger partial charge in [-0.1, -0.05) is 0 Å². The monoisotopic (exact) mass is 373 g/mol. The van der Waals surface area contributed by atoms with E-state index in [0.29, 0.717) is 16.0 Å². The Bertz CT molecular complexity index is 293. The highest BCUT2D eigenvalue weighted by Gasteiger charge is 2.32. The first-order chi connectivity index (χ1) is 7.50. The van der Waals surface area contributed by atoms with Gasteiger partial charge in [0.1, 0.15) is 5.75 Å². The topological polar surface area (TPSA) is 63.7 Å². The van der Waals surface area contributed by atoms with Gasteiger partial charge in [0.2, 0.25) is 0 Å². The maximum Gasteiger partial charge on any atom is 0.333 e. The van der Waals surface area contributed by atoms with E-state index in [-0.39, 0.29) is 43.2 Å². The van der Waals surface area contributed by atoms with E-state index in [1.165, 1.54) is 0 Å². The van der Waals surface area contributed by atoms with Crippen molar-refractivity contribution in [3.63, 3.8) is 0 Å². The van der Waals surface area contributed by atoms with E-state index < -0.39 is 17.8 Å². The van der Waals surface area contributed by atoms with E-state index in [2.05, 4.69) is 12.5 Å². The number of carbonyl (C=O) groups is 3. The summed E-state index contributed by atoms with van der Waals surface area (Å²) in [5.41, 5.74) is 0. The Balaban J connectivity index is 0.00000256. The van der Waals surface area contributed by atoms with Gasteiger partial charge in [0.25, 0.3) is 11.8 Å². The molecule has 1 fully saturated rings.